The molecule has 3 heteroatoms. The highest BCUT2D eigenvalue weighted by atomic mass is 16.3. The number of unbranched alkanes of at least 4 members (excludes halogenated alkanes) is 2. The highest BCUT2D eigenvalue weighted by molar-refractivity contribution is 5.76. The number of amides is 1. The Morgan fingerprint density at radius 2 is 2.22 bits per heavy atom. The number of aliphatic hydroxyl groups excluding tert-OH is 1. The molecule has 1 amide bonds. The SMILES string of the molecule is CCCCCC(C)CC(=O)N[C@@H]1C=C[C@H](CO)C1. The second-order valence-electron chi connectivity index (χ2n) is 5.54. The summed E-state index contributed by atoms with van der Waals surface area (Å²) >= 11 is 0. The van der Waals surface area contributed by atoms with Crippen molar-refractivity contribution in [1.82, 2.24) is 5.32 Å². The molecule has 0 aromatic heterocycles. The average Bonchev–Trinajstić information content (AvgIpc) is 2.76. The van der Waals surface area contributed by atoms with Gasteiger partial charge in [-0.05, 0) is 12.3 Å². The van der Waals surface area contributed by atoms with Crippen molar-refractivity contribution >= 4 is 5.91 Å². The molecule has 1 rings (SSSR count). The van der Waals surface area contributed by atoms with E-state index in [4.69, 9.17) is 5.11 Å². The first kappa shape index (κ1) is 15.2. The third-order valence-electron chi connectivity index (χ3n) is 3.59. The molecule has 1 aliphatic rings. The quantitative estimate of drug-likeness (QED) is 0.516. The number of aliphatic hydroxyl groups is 1. The number of nitrogens with one attached hydrogen (secondary N) is 1. The summed E-state index contributed by atoms with van der Waals surface area (Å²) < 4.78 is 0. The van der Waals surface area contributed by atoms with Crippen LogP contribution in [0.2, 0.25) is 0 Å². The summed E-state index contributed by atoms with van der Waals surface area (Å²) in [6.07, 6.45) is 10.3. The molecule has 0 spiro atoms. The fourth-order valence-electron chi connectivity index (χ4n) is 2.44. The third kappa shape index (κ3) is 5.67. The minimum atomic E-state index is 0.123. The molecule has 0 saturated heterocycles. The highest BCUT2D eigenvalue weighted by Crippen LogP contribution is 2.18. The maximum atomic E-state index is 11.8. The highest BCUT2D eigenvalue weighted by Gasteiger charge is 2.20. The van der Waals surface area contributed by atoms with Gasteiger partial charge in [-0.2, -0.15) is 0 Å². The van der Waals surface area contributed by atoms with Crippen LogP contribution in [0.5, 0.6) is 0 Å². The van der Waals surface area contributed by atoms with Crippen molar-refractivity contribution in [3.05, 3.63) is 12.2 Å². The minimum absolute atomic E-state index is 0.123. The molecule has 104 valence electrons. The normalized spacial score (nSPS) is 24.2. The van der Waals surface area contributed by atoms with Crippen molar-refractivity contribution in [2.45, 2.75) is 58.4 Å². The van der Waals surface area contributed by atoms with Crippen molar-refractivity contribution in [2.24, 2.45) is 11.8 Å². The zero-order valence-corrected chi connectivity index (χ0v) is 11.7. The Labute approximate surface area is 111 Å². The van der Waals surface area contributed by atoms with E-state index in [-0.39, 0.29) is 24.5 Å². The maximum Gasteiger partial charge on any atom is 0.220 e. The van der Waals surface area contributed by atoms with Crippen molar-refractivity contribution in [3.63, 3.8) is 0 Å². The lowest BCUT2D eigenvalue weighted by molar-refractivity contribution is -0.122. The van der Waals surface area contributed by atoms with Gasteiger partial charge in [0.2, 0.25) is 5.91 Å². The third-order valence-corrected chi connectivity index (χ3v) is 3.59. The first-order valence-electron chi connectivity index (χ1n) is 7.24. The smallest absolute Gasteiger partial charge is 0.220 e. The Hall–Kier alpha value is -0.830. The zero-order valence-electron chi connectivity index (χ0n) is 11.7. The summed E-state index contributed by atoms with van der Waals surface area (Å²) in [5.74, 6) is 0.833. The van der Waals surface area contributed by atoms with E-state index in [0.29, 0.717) is 12.3 Å². The van der Waals surface area contributed by atoms with E-state index in [1.807, 2.05) is 12.2 Å². The molecule has 0 aliphatic heterocycles. The molecule has 0 aromatic rings. The van der Waals surface area contributed by atoms with Crippen LogP contribution in [-0.2, 0) is 4.79 Å². The summed E-state index contributed by atoms with van der Waals surface area (Å²) in [6, 6.07) is 0.123. The Morgan fingerprint density at radius 3 is 2.83 bits per heavy atom. The van der Waals surface area contributed by atoms with E-state index in [0.717, 1.165) is 12.8 Å². The zero-order chi connectivity index (χ0) is 13.4. The lowest BCUT2D eigenvalue weighted by Gasteiger charge is -2.15. The second-order valence-corrected chi connectivity index (χ2v) is 5.54. The largest absolute Gasteiger partial charge is 0.396 e. The van der Waals surface area contributed by atoms with Gasteiger partial charge in [0.05, 0.1) is 0 Å². The van der Waals surface area contributed by atoms with Crippen molar-refractivity contribution < 1.29 is 9.90 Å². The Kier molecular flexibility index (Phi) is 7.02. The molecule has 2 N–H and O–H groups in total. The van der Waals surface area contributed by atoms with Crippen LogP contribution >= 0.6 is 0 Å². The number of rotatable bonds is 8. The summed E-state index contributed by atoms with van der Waals surface area (Å²) in [4.78, 5) is 11.8. The summed E-state index contributed by atoms with van der Waals surface area (Å²) in [5, 5.41) is 12.0. The van der Waals surface area contributed by atoms with Crippen LogP contribution in [-0.4, -0.2) is 23.7 Å². The van der Waals surface area contributed by atoms with Crippen LogP contribution in [0, 0.1) is 11.8 Å². The van der Waals surface area contributed by atoms with Gasteiger partial charge in [0.25, 0.3) is 0 Å². The van der Waals surface area contributed by atoms with Gasteiger partial charge in [-0.1, -0.05) is 51.7 Å². The molecule has 18 heavy (non-hydrogen) atoms. The molecule has 1 aliphatic carbocycles. The predicted octanol–water partition coefficient (Wildman–Crippen LogP) is 2.65. The van der Waals surface area contributed by atoms with E-state index < -0.39 is 0 Å². The molecule has 0 heterocycles. The Bertz CT molecular complexity index is 276. The molecule has 0 bridgehead atoms. The molecule has 1 unspecified atom stereocenters. The van der Waals surface area contributed by atoms with E-state index >= 15 is 0 Å². The molecular formula is C15H27NO2. The van der Waals surface area contributed by atoms with Crippen molar-refractivity contribution in [2.75, 3.05) is 6.61 Å². The van der Waals surface area contributed by atoms with Crippen LogP contribution in [0.1, 0.15) is 52.4 Å². The van der Waals surface area contributed by atoms with Gasteiger partial charge in [0.1, 0.15) is 0 Å². The number of carbonyl (C=O) groups excluding carboxylic acids is 1. The summed E-state index contributed by atoms with van der Waals surface area (Å²) in [5.41, 5.74) is 0. The Balaban J connectivity index is 2.15. The van der Waals surface area contributed by atoms with Crippen LogP contribution in [0.4, 0.5) is 0 Å². The molecule has 3 nitrogen and oxygen atoms in total. The first-order chi connectivity index (χ1) is 8.65. The van der Waals surface area contributed by atoms with E-state index in [1.165, 1.54) is 19.3 Å². The van der Waals surface area contributed by atoms with Gasteiger partial charge < -0.3 is 10.4 Å². The van der Waals surface area contributed by atoms with E-state index in [2.05, 4.69) is 19.2 Å². The molecule has 0 radical (unpaired) electrons. The van der Waals surface area contributed by atoms with Gasteiger partial charge in [0, 0.05) is 25.0 Å². The Morgan fingerprint density at radius 1 is 1.44 bits per heavy atom. The van der Waals surface area contributed by atoms with Crippen LogP contribution in [0.3, 0.4) is 0 Å². The van der Waals surface area contributed by atoms with Crippen LogP contribution < -0.4 is 5.32 Å². The van der Waals surface area contributed by atoms with Crippen LogP contribution in [0.15, 0.2) is 12.2 Å². The lowest BCUT2D eigenvalue weighted by Crippen LogP contribution is -2.33. The molecule has 0 saturated carbocycles. The maximum absolute atomic E-state index is 11.8. The lowest BCUT2D eigenvalue weighted by atomic mass is 9.99. The van der Waals surface area contributed by atoms with Gasteiger partial charge in [-0.15, -0.1) is 0 Å². The molecular weight excluding hydrogens is 226 g/mol. The molecule has 0 aromatic carbocycles. The van der Waals surface area contributed by atoms with Crippen molar-refractivity contribution in [1.29, 1.82) is 0 Å². The standard InChI is InChI=1S/C15H27NO2/c1-3-4-5-6-12(2)9-15(18)16-14-8-7-13(10-14)11-17/h7-8,12-14,17H,3-6,9-11H2,1-2H3,(H,16,18)/t12?,13-,14+/m0/s1. The van der Waals surface area contributed by atoms with Crippen molar-refractivity contribution in [3.8, 4) is 0 Å². The molecule has 0 fully saturated rings. The summed E-state index contributed by atoms with van der Waals surface area (Å²) in [7, 11) is 0. The van der Waals surface area contributed by atoms with E-state index in [1.54, 1.807) is 0 Å². The van der Waals surface area contributed by atoms with Gasteiger partial charge in [-0.25, -0.2) is 0 Å². The summed E-state index contributed by atoms with van der Waals surface area (Å²) in [6.45, 7) is 4.52. The minimum Gasteiger partial charge on any atom is -0.396 e. The fraction of sp³-hybridized carbons (Fsp3) is 0.800. The monoisotopic (exact) mass is 253 g/mol. The van der Waals surface area contributed by atoms with Gasteiger partial charge in [0.15, 0.2) is 0 Å². The van der Waals surface area contributed by atoms with Crippen LogP contribution in [0.25, 0.3) is 0 Å². The van der Waals surface area contributed by atoms with Gasteiger partial charge in [-0.3, -0.25) is 4.79 Å². The number of hydrogen-bond acceptors (Lipinski definition) is 2. The number of carbonyl (C=O) groups is 1. The topological polar surface area (TPSA) is 49.3 Å². The molecule has 3 atom stereocenters. The van der Waals surface area contributed by atoms with E-state index in [9.17, 15) is 4.79 Å². The second kappa shape index (κ2) is 8.30. The number of hydrogen-bond donors (Lipinski definition) is 2. The first-order valence-corrected chi connectivity index (χ1v) is 7.24. The predicted molar refractivity (Wildman–Crippen MR) is 74.2 cm³/mol. The van der Waals surface area contributed by atoms with Gasteiger partial charge >= 0.3 is 0 Å². The fourth-order valence-corrected chi connectivity index (χ4v) is 2.44. The average molecular weight is 253 g/mol.